The van der Waals surface area contributed by atoms with Crippen molar-refractivity contribution in [2.24, 2.45) is 5.92 Å². The van der Waals surface area contributed by atoms with Crippen LogP contribution in [0.4, 0.5) is 0 Å². The fourth-order valence-corrected chi connectivity index (χ4v) is 2.91. The lowest BCUT2D eigenvalue weighted by Crippen LogP contribution is -2.30. The minimum absolute atomic E-state index is 0.196. The number of carbonyl (C=O) groups excluding carboxylic acids is 2. The van der Waals surface area contributed by atoms with Gasteiger partial charge in [0.1, 0.15) is 0 Å². The first-order valence-corrected chi connectivity index (χ1v) is 7.48. The molecule has 4 nitrogen and oxygen atoms in total. The van der Waals surface area contributed by atoms with Crippen LogP contribution in [0.3, 0.4) is 0 Å². The van der Waals surface area contributed by atoms with Crippen LogP contribution in [0.2, 0.25) is 0 Å². The van der Waals surface area contributed by atoms with E-state index in [0.29, 0.717) is 6.42 Å². The molecule has 0 aliphatic rings. The summed E-state index contributed by atoms with van der Waals surface area (Å²) in [5.41, 5.74) is 0.964. The average molecular weight is 298 g/mol. The number of hydrogen-bond donors (Lipinski definition) is 0. The molecule has 0 saturated heterocycles. The van der Waals surface area contributed by atoms with E-state index >= 15 is 0 Å². The molecule has 0 aliphatic heterocycles. The fraction of sp³-hybridized carbons (Fsp3) is 0.600. The van der Waals surface area contributed by atoms with E-state index in [0.717, 1.165) is 15.3 Å². The maximum atomic E-state index is 12.0. The first-order chi connectivity index (χ1) is 9.33. The summed E-state index contributed by atoms with van der Waals surface area (Å²) in [6.45, 7) is 7.92. The molecule has 0 saturated carbocycles. The summed E-state index contributed by atoms with van der Waals surface area (Å²) in [5.74, 6) is -0.635. The van der Waals surface area contributed by atoms with Gasteiger partial charge in [0.2, 0.25) is 0 Å². The van der Waals surface area contributed by atoms with Gasteiger partial charge in [-0.2, -0.15) is 0 Å². The van der Waals surface area contributed by atoms with Crippen molar-refractivity contribution in [3.8, 4) is 0 Å². The lowest BCUT2D eigenvalue weighted by atomic mass is 10.1. The molecule has 1 aromatic rings. The number of hydrogen-bond acceptors (Lipinski definition) is 5. The van der Waals surface area contributed by atoms with E-state index in [1.807, 2.05) is 33.8 Å². The summed E-state index contributed by atoms with van der Waals surface area (Å²) in [6, 6.07) is 1.98. The van der Waals surface area contributed by atoms with E-state index in [4.69, 9.17) is 4.74 Å². The van der Waals surface area contributed by atoms with Crippen LogP contribution in [0.1, 0.15) is 35.6 Å². The summed E-state index contributed by atoms with van der Waals surface area (Å²) < 4.78 is 9.95. The number of aryl methyl sites for hydroxylation is 2. The van der Waals surface area contributed by atoms with Crippen molar-refractivity contribution in [3.05, 3.63) is 21.4 Å². The molecular formula is C15H22O4S. The van der Waals surface area contributed by atoms with E-state index in [1.165, 1.54) is 7.11 Å². The molecule has 1 aromatic heterocycles. The van der Waals surface area contributed by atoms with Gasteiger partial charge in [-0.3, -0.25) is 4.79 Å². The SMILES string of the molecule is COC(=O)C(CC(C)C)OC(=O)Cc1cc(C)sc1C. The molecular weight excluding hydrogens is 276 g/mol. The second kappa shape index (κ2) is 7.43. The third-order valence-corrected chi connectivity index (χ3v) is 3.91. The lowest BCUT2D eigenvalue weighted by molar-refractivity contribution is -0.166. The van der Waals surface area contributed by atoms with Crippen LogP contribution in [0.15, 0.2) is 6.07 Å². The van der Waals surface area contributed by atoms with Crippen LogP contribution in [0.25, 0.3) is 0 Å². The third-order valence-electron chi connectivity index (χ3n) is 2.90. The molecule has 0 amide bonds. The number of methoxy groups -OCH3 is 1. The van der Waals surface area contributed by atoms with Crippen LogP contribution >= 0.6 is 11.3 Å². The van der Waals surface area contributed by atoms with E-state index in [9.17, 15) is 9.59 Å². The minimum atomic E-state index is -0.812. The molecule has 1 rings (SSSR count). The Morgan fingerprint density at radius 1 is 1.30 bits per heavy atom. The predicted octanol–water partition coefficient (Wildman–Crippen LogP) is 3.04. The molecule has 0 radical (unpaired) electrons. The van der Waals surface area contributed by atoms with Crippen molar-refractivity contribution in [3.63, 3.8) is 0 Å². The van der Waals surface area contributed by atoms with Crippen LogP contribution in [0.5, 0.6) is 0 Å². The molecule has 1 atom stereocenters. The molecule has 20 heavy (non-hydrogen) atoms. The number of esters is 2. The van der Waals surface area contributed by atoms with Crippen LogP contribution in [0, 0.1) is 19.8 Å². The van der Waals surface area contributed by atoms with Crippen LogP contribution in [-0.2, 0) is 25.5 Å². The van der Waals surface area contributed by atoms with Gasteiger partial charge in [-0.05, 0) is 37.8 Å². The maximum Gasteiger partial charge on any atom is 0.347 e. The van der Waals surface area contributed by atoms with Crippen molar-refractivity contribution in [2.45, 2.75) is 46.6 Å². The minimum Gasteiger partial charge on any atom is -0.466 e. The molecule has 1 heterocycles. The standard InChI is InChI=1S/C15H22O4S/c1-9(2)6-13(15(17)18-5)19-14(16)8-12-7-10(3)20-11(12)4/h7,9,13H,6,8H2,1-5H3. The van der Waals surface area contributed by atoms with Gasteiger partial charge in [0.05, 0.1) is 13.5 Å². The number of ether oxygens (including phenoxy) is 2. The van der Waals surface area contributed by atoms with Gasteiger partial charge in [0.25, 0.3) is 0 Å². The summed E-state index contributed by atoms with van der Waals surface area (Å²) in [5, 5.41) is 0. The van der Waals surface area contributed by atoms with Gasteiger partial charge >= 0.3 is 11.9 Å². The van der Waals surface area contributed by atoms with Crippen molar-refractivity contribution in [2.75, 3.05) is 7.11 Å². The molecule has 0 fully saturated rings. The Morgan fingerprint density at radius 3 is 2.40 bits per heavy atom. The highest BCUT2D eigenvalue weighted by molar-refractivity contribution is 7.12. The Bertz CT molecular complexity index is 476. The molecule has 0 aromatic carbocycles. The zero-order valence-electron chi connectivity index (χ0n) is 12.7. The second-order valence-electron chi connectivity index (χ2n) is 5.25. The first-order valence-electron chi connectivity index (χ1n) is 6.66. The largest absolute Gasteiger partial charge is 0.466 e. The molecule has 0 spiro atoms. The summed E-state index contributed by atoms with van der Waals surface area (Å²) in [7, 11) is 1.30. The van der Waals surface area contributed by atoms with Gasteiger partial charge in [-0.25, -0.2) is 4.79 Å². The Kier molecular flexibility index (Phi) is 6.20. The van der Waals surface area contributed by atoms with Crippen molar-refractivity contribution in [1.82, 2.24) is 0 Å². The highest BCUT2D eigenvalue weighted by Crippen LogP contribution is 2.21. The fourth-order valence-electron chi connectivity index (χ4n) is 1.97. The van der Waals surface area contributed by atoms with Crippen molar-refractivity contribution < 1.29 is 19.1 Å². The summed E-state index contributed by atoms with van der Waals surface area (Å²) >= 11 is 1.65. The van der Waals surface area contributed by atoms with E-state index in [2.05, 4.69) is 4.74 Å². The van der Waals surface area contributed by atoms with Crippen molar-refractivity contribution >= 4 is 23.3 Å². The second-order valence-corrected chi connectivity index (χ2v) is 6.71. The highest BCUT2D eigenvalue weighted by Gasteiger charge is 2.25. The van der Waals surface area contributed by atoms with E-state index < -0.39 is 12.1 Å². The van der Waals surface area contributed by atoms with Gasteiger partial charge in [-0.1, -0.05) is 13.8 Å². The van der Waals surface area contributed by atoms with Gasteiger partial charge in [-0.15, -0.1) is 11.3 Å². The lowest BCUT2D eigenvalue weighted by Gasteiger charge is -2.17. The van der Waals surface area contributed by atoms with Crippen LogP contribution in [-0.4, -0.2) is 25.2 Å². The normalized spacial score (nSPS) is 12.3. The molecule has 1 unspecified atom stereocenters. The Balaban J connectivity index is 2.66. The average Bonchev–Trinajstić information content (AvgIpc) is 2.65. The molecule has 5 heteroatoms. The Hall–Kier alpha value is -1.36. The van der Waals surface area contributed by atoms with Gasteiger partial charge < -0.3 is 9.47 Å². The Morgan fingerprint density at radius 2 is 1.95 bits per heavy atom. The molecule has 0 aliphatic carbocycles. The molecule has 0 N–H and O–H groups in total. The van der Waals surface area contributed by atoms with E-state index in [1.54, 1.807) is 11.3 Å². The smallest absolute Gasteiger partial charge is 0.347 e. The maximum absolute atomic E-state index is 12.0. The number of rotatable bonds is 6. The highest BCUT2D eigenvalue weighted by atomic mass is 32.1. The van der Waals surface area contributed by atoms with Gasteiger partial charge in [0, 0.05) is 9.75 Å². The topological polar surface area (TPSA) is 52.6 Å². The monoisotopic (exact) mass is 298 g/mol. The molecule has 112 valence electrons. The number of thiophene rings is 1. The van der Waals surface area contributed by atoms with Crippen LogP contribution < -0.4 is 0 Å². The zero-order valence-corrected chi connectivity index (χ0v) is 13.5. The summed E-state index contributed by atoms with van der Waals surface area (Å²) in [4.78, 5) is 25.8. The quantitative estimate of drug-likeness (QED) is 0.757. The zero-order chi connectivity index (χ0) is 15.3. The Labute approximate surface area is 124 Å². The van der Waals surface area contributed by atoms with E-state index in [-0.39, 0.29) is 18.3 Å². The third kappa shape index (κ3) is 4.96. The van der Waals surface area contributed by atoms with Gasteiger partial charge in [0.15, 0.2) is 6.10 Å². The predicted molar refractivity (Wildman–Crippen MR) is 78.8 cm³/mol. The number of carbonyl (C=O) groups is 2. The van der Waals surface area contributed by atoms with Crippen molar-refractivity contribution in [1.29, 1.82) is 0 Å². The summed E-state index contributed by atoms with van der Waals surface area (Å²) in [6.07, 6.45) is -0.144. The first kappa shape index (κ1) is 16.7. The molecule has 0 bridgehead atoms.